The van der Waals surface area contributed by atoms with Crippen molar-refractivity contribution in [3.8, 4) is 5.75 Å². The molecule has 1 amide bonds. The molecule has 0 fully saturated rings. The van der Waals surface area contributed by atoms with E-state index in [0.717, 1.165) is 36.0 Å². The molecule has 2 aromatic carbocycles. The molecule has 0 saturated carbocycles. The first-order valence-electron chi connectivity index (χ1n) is 11.2. The predicted octanol–water partition coefficient (Wildman–Crippen LogP) is 4.59. The predicted molar refractivity (Wildman–Crippen MR) is 123 cm³/mol. The summed E-state index contributed by atoms with van der Waals surface area (Å²) in [6.45, 7) is 3.72. The lowest BCUT2D eigenvalue weighted by Gasteiger charge is -2.20. The monoisotopic (exact) mass is 449 g/mol. The van der Waals surface area contributed by atoms with Gasteiger partial charge in [0.2, 0.25) is 0 Å². The number of aryl methyl sites for hydroxylation is 2. The smallest absolute Gasteiger partial charge is 0.408 e. The average Bonchev–Trinajstić information content (AvgIpc) is 2.81. The molecule has 33 heavy (non-hydrogen) atoms. The highest BCUT2D eigenvalue weighted by Crippen LogP contribution is 2.34. The van der Waals surface area contributed by atoms with Crippen LogP contribution < -0.4 is 15.7 Å². The number of nitrogens with one attached hydrogen (secondary N) is 1. The lowest BCUT2D eigenvalue weighted by Crippen LogP contribution is -2.42. The van der Waals surface area contributed by atoms with Gasteiger partial charge in [-0.25, -0.2) is 14.4 Å². The highest BCUT2D eigenvalue weighted by Gasteiger charge is 2.26. The Hall–Kier alpha value is -3.61. The van der Waals surface area contributed by atoms with Crippen LogP contribution in [0.25, 0.3) is 11.0 Å². The Balaban J connectivity index is 1.53. The molecule has 0 radical (unpaired) electrons. The zero-order valence-corrected chi connectivity index (χ0v) is 18.8. The minimum absolute atomic E-state index is 0.103. The Labute approximate surface area is 191 Å². The van der Waals surface area contributed by atoms with Crippen molar-refractivity contribution in [3.63, 3.8) is 0 Å². The molecule has 7 nitrogen and oxygen atoms in total. The van der Waals surface area contributed by atoms with E-state index in [1.165, 1.54) is 0 Å². The van der Waals surface area contributed by atoms with Crippen molar-refractivity contribution in [2.24, 2.45) is 0 Å². The molecular weight excluding hydrogens is 422 g/mol. The molecular formula is C26H27NO6. The number of carbonyl (C=O) groups is 2. The van der Waals surface area contributed by atoms with Gasteiger partial charge < -0.3 is 19.2 Å². The summed E-state index contributed by atoms with van der Waals surface area (Å²) in [7, 11) is 0. The van der Waals surface area contributed by atoms with Crippen LogP contribution in [0.4, 0.5) is 4.79 Å². The number of carbonyl (C=O) groups excluding carboxylic acids is 2. The van der Waals surface area contributed by atoms with Crippen LogP contribution >= 0.6 is 0 Å². The highest BCUT2D eigenvalue weighted by molar-refractivity contribution is 5.92. The van der Waals surface area contributed by atoms with Crippen LogP contribution in [0.3, 0.4) is 0 Å². The third kappa shape index (κ3) is 5.08. The number of ether oxygens (including phenoxy) is 2. The minimum Gasteiger partial charge on any atom is -0.445 e. The topological polar surface area (TPSA) is 94.8 Å². The van der Waals surface area contributed by atoms with Crippen LogP contribution in [0.1, 0.15) is 48.4 Å². The zero-order valence-electron chi connectivity index (χ0n) is 18.8. The highest BCUT2D eigenvalue weighted by atomic mass is 16.6. The molecule has 0 saturated heterocycles. The normalized spacial score (nSPS) is 13.8. The van der Waals surface area contributed by atoms with Crippen LogP contribution in [0.2, 0.25) is 0 Å². The second-order valence-electron chi connectivity index (χ2n) is 8.28. The van der Waals surface area contributed by atoms with Gasteiger partial charge in [0.1, 0.15) is 24.0 Å². The van der Waals surface area contributed by atoms with Crippen molar-refractivity contribution in [3.05, 3.63) is 75.1 Å². The molecule has 4 rings (SSSR count). The van der Waals surface area contributed by atoms with Gasteiger partial charge in [0.15, 0.2) is 0 Å². The quantitative estimate of drug-likeness (QED) is 0.336. The summed E-state index contributed by atoms with van der Waals surface area (Å²) >= 11 is 0. The molecule has 1 aromatic heterocycles. The fourth-order valence-corrected chi connectivity index (χ4v) is 4.16. The second kappa shape index (κ2) is 9.90. The first-order chi connectivity index (χ1) is 16.0. The number of esters is 1. The lowest BCUT2D eigenvalue weighted by molar-refractivity contribution is -0.136. The van der Waals surface area contributed by atoms with Crippen LogP contribution in [0, 0.1) is 6.92 Å². The van der Waals surface area contributed by atoms with Crippen molar-refractivity contribution in [2.45, 2.75) is 58.6 Å². The van der Waals surface area contributed by atoms with Gasteiger partial charge in [-0.15, -0.1) is 0 Å². The Morgan fingerprint density at radius 1 is 1.09 bits per heavy atom. The van der Waals surface area contributed by atoms with E-state index in [9.17, 15) is 14.4 Å². The Bertz CT molecular complexity index is 1230. The molecule has 3 aromatic rings. The van der Waals surface area contributed by atoms with Gasteiger partial charge in [0.25, 0.3) is 0 Å². The lowest BCUT2D eigenvalue weighted by atomic mass is 9.90. The summed E-state index contributed by atoms with van der Waals surface area (Å²) in [5.41, 5.74) is 3.28. The van der Waals surface area contributed by atoms with Gasteiger partial charge in [-0.3, -0.25) is 0 Å². The van der Waals surface area contributed by atoms with E-state index in [4.69, 9.17) is 13.9 Å². The standard InChI is InChI=1S/C26H27NO6/c1-3-20(27-26(30)31-15-17-9-5-4-6-10-17)25(29)33-22-14-16(2)13-21-23(22)18-11-7-8-12-19(18)24(28)32-21/h4-6,9-10,13-14,20H,3,7-8,11-12,15H2,1-2H3,(H,27,30)/t20-/m1/s1. The van der Waals surface area contributed by atoms with Gasteiger partial charge in [0.05, 0.1) is 5.39 Å². The van der Waals surface area contributed by atoms with Crippen molar-refractivity contribution in [1.29, 1.82) is 0 Å². The maximum absolute atomic E-state index is 13.0. The second-order valence-corrected chi connectivity index (χ2v) is 8.28. The molecule has 1 aliphatic carbocycles. The summed E-state index contributed by atoms with van der Waals surface area (Å²) in [5, 5.41) is 3.24. The third-order valence-corrected chi connectivity index (χ3v) is 5.84. The number of fused-ring (bicyclic) bond motifs is 3. The van der Waals surface area contributed by atoms with E-state index in [0.29, 0.717) is 35.1 Å². The molecule has 0 spiro atoms. The molecule has 172 valence electrons. The number of benzene rings is 2. The Morgan fingerprint density at radius 3 is 2.55 bits per heavy atom. The summed E-state index contributed by atoms with van der Waals surface area (Å²) in [5.74, 6) is -0.258. The molecule has 1 aliphatic rings. The van der Waals surface area contributed by atoms with Crippen molar-refractivity contribution in [2.75, 3.05) is 0 Å². The van der Waals surface area contributed by atoms with E-state index >= 15 is 0 Å². The van der Waals surface area contributed by atoms with Gasteiger partial charge in [-0.1, -0.05) is 37.3 Å². The summed E-state index contributed by atoms with van der Waals surface area (Å²) in [4.78, 5) is 37.6. The summed E-state index contributed by atoms with van der Waals surface area (Å²) in [6.07, 6.45) is 2.90. The number of amides is 1. The molecule has 1 atom stereocenters. The largest absolute Gasteiger partial charge is 0.445 e. The summed E-state index contributed by atoms with van der Waals surface area (Å²) in [6, 6.07) is 11.9. The summed E-state index contributed by atoms with van der Waals surface area (Å²) < 4.78 is 16.5. The number of rotatable bonds is 6. The number of alkyl carbamates (subject to hydrolysis) is 1. The molecule has 0 bridgehead atoms. The van der Waals surface area contributed by atoms with Gasteiger partial charge >= 0.3 is 17.7 Å². The Kier molecular flexibility index (Phi) is 6.77. The van der Waals surface area contributed by atoms with Crippen molar-refractivity contribution >= 4 is 23.0 Å². The van der Waals surface area contributed by atoms with Crippen LogP contribution in [-0.4, -0.2) is 18.1 Å². The molecule has 0 aliphatic heterocycles. The van der Waals surface area contributed by atoms with E-state index < -0.39 is 18.1 Å². The average molecular weight is 450 g/mol. The van der Waals surface area contributed by atoms with Gasteiger partial charge in [-0.05, 0) is 67.9 Å². The fourth-order valence-electron chi connectivity index (χ4n) is 4.16. The van der Waals surface area contributed by atoms with E-state index in [2.05, 4.69) is 5.32 Å². The Morgan fingerprint density at radius 2 is 1.82 bits per heavy atom. The van der Waals surface area contributed by atoms with Gasteiger partial charge in [-0.2, -0.15) is 0 Å². The molecule has 7 heteroatoms. The van der Waals surface area contributed by atoms with Crippen LogP contribution in [0.15, 0.2) is 51.7 Å². The fraction of sp³-hybridized carbons (Fsp3) is 0.346. The van der Waals surface area contributed by atoms with Crippen LogP contribution in [-0.2, 0) is 29.0 Å². The molecule has 1 N–H and O–H groups in total. The first-order valence-corrected chi connectivity index (χ1v) is 11.2. The SMILES string of the molecule is CC[C@@H](NC(=O)OCc1ccccc1)C(=O)Oc1cc(C)cc2oc(=O)c3c(c12)CCCC3. The maximum Gasteiger partial charge on any atom is 0.408 e. The van der Waals surface area contributed by atoms with E-state index in [1.807, 2.05) is 37.3 Å². The third-order valence-electron chi connectivity index (χ3n) is 5.84. The van der Waals surface area contributed by atoms with E-state index in [1.54, 1.807) is 19.1 Å². The number of hydrogen-bond acceptors (Lipinski definition) is 6. The first kappa shape index (κ1) is 22.6. The van der Waals surface area contributed by atoms with Crippen molar-refractivity contribution < 1.29 is 23.5 Å². The van der Waals surface area contributed by atoms with Crippen molar-refractivity contribution in [1.82, 2.24) is 5.32 Å². The number of hydrogen-bond donors (Lipinski definition) is 1. The zero-order chi connectivity index (χ0) is 23.4. The molecule has 1 heterocycles. The minimum atomic E-state index is -0.879. The van der Waals surface area contributed by atoms with Crippen LogP contribution in [0.5, 0.6) is 5.75 Å². The van der Waals surface area contributed by atoms with E-state index in [-0.39, 0.29) is 12.2 Å². The maximum atomic E-state index is 13.0. The molecule has 0 unspecified atom stereocenters. The van der Waals surface area contributed by atoms with Gasteiger partial charge in [0, 0.05) is 5.56 Å².